The highest BCUT2D eigenvalue weighted by Gasteiger charge is 2.19. The Morgan fingerprint density at radius 2 is 2.20 bits per heavy atom. The van der Waals surface area contributed by atoms with Crippen LogP contribution in [-0.2, 0) is 0 Å². The molecule has 0 aromatic carbocycles. The van der Waals surface area contributed by atoms with Crippen molar-refractivity contribution in [2.45, 2.75) is 26.3 Å². The molecule has 0 radical (unpaired) electrons. The second-order valence-electron chi connectivity index (χ2n) is 5.09. The van der Waals surface area contributed by atoms with E-state index in [1.54, 1.807) is 6.92 Å². The summed E-state index contributed by atoms with van der Waals surface area (Å²) in [6.45, 7) is 2.95. The molecule has 0 aliphatic carbocycles. The standard InChI is InChI=1S/C15H19N5O5/c1-3-10(9(2)20(24)25)6-11(19-23)7-18-15(22)13-8-17-5-4-12(13)14(16)21/h4-6,8-9,23H,3,7H2,1-2H3,(H2,16,21)(H,18,22). The number of carbonyl (C=O) groups is 2. The van der Waals surface area contributed by atoms with Crippen molar-refractivity contribution in [1.29, 1.82) is 0 Å². The molecular formula is C15H19N5O5. The minimum Gasteiger partial charge on any atom is -0.411 e. The number of carbonyl (C=O) groups excluding carboxylic acids is 2. The van der Waals surface area contributed by atoms with Crippen LogP contribution in [0.3, 0.4) is 0 Å². The van der Waals surface area contributed by atoms with Crippen LogP contribution in [0.15, 0.2) is 35.3 Å². The van der Waals surface area contributed by atoms with Gasteiger partial charge in [-0.05, 0) is 18.6 Å². The lowest BCUT2D eigenvalue weighted by molar-refractivity contribution is -0.507. The smallest absolute Gasteiger partial charge is 0.253 e. The summed E-state index contributed by atoms with van der Waals surface area (Å²) in [7, 11) is 0. The fourth-order valence-electron chi connectivity index (χ4n) is 2.04. The summed E-state index contributed by atoms with van der Waals surface area (Å²) in [6.07, 6.45) is 4.25. The van der Waals surface area contributed by atoms with Crippen LogP contribution in [0.2, 0.25) is 0 Å². The Morgan fingerprint density at radius 3 is 2.72 bits per heavy atom. The van der Waals surface area contributed by atoms with Crippen LogP contribution in [0.25, 0.3) is 0 Å². The third-order valence-corrected chi connectivity index (χ3v) is 3.50. The molecule has 1 aromatic heterocycles. The van der Waals surface area contributed by atoms with Gasteiger partial charge < -0.3 is 16.3 Å². The van der Waals surface area contributed by atoms with Crippen molar-refractivity contribution < 1.29 is 19.7 Å². The predicted molar refractivity (Wildman–Crippen MR) is 89.1 cm³/mol. The third kappa shape index (κ3) is 5.37. The van der Waals surface area contributed by atoms with Crippen LogP contribution < -0.4 is 11.1 Å². The molecule has 0 saturated carbocycles. The largest absolute Gasteiger partial charge is 0.411 e. The van der Waals surface area contributed by atoms with E-state index in [1.807, 2.05) is 0 Å². The van der Waals surface area contributed by atoms with Crippen molar-refractivity contribution >= 4 is 17.5 Å². The molecule has 1 atom stereocenters. The Hall–Kier alpha value is -3.30. The number of nitrogens with zero attached hydrogens (tertiary/aromatic N) is 3. The quantitative estimate of drug-likeness (QED) is 0.271. The Kier molecular flexibility index (Phi) is 7.19. The molecule has 0 fully saturated rings. The first-order valence-electron chi connectivity index (χ1n) is 7.38. The number of aromatic nitrogens is 1. The number of nitrogens with one attached hydrogen (secondary N) is 1. The van der Waals surface area contributed by atoms with E-state index in [0.29, 0.717) is 12.0 Å². The zero-order chi connectivity index (χ0) is 19.0. The molecule has 1 heterocycles. The fraction of sp³-hybridized carbons (Fsp3) is 0.333. The maximum atomic E-state index is 12.2. The van der Waals surface area contributed by atoms with Gasteiger partial charge in [0.25, 0.3) is 5.91 Å². The zero-order valence-corrected chi connectivity index (χ0v) is 13.8. The van der Waals surface area contributed by atoms with Gasteiger partial charge in [-0.2, -0.15) is 0 Å². The number of primary amides is 1. The lowest BCUT2D eigenvalue weighted by atomic mass is 10.0. The number of nitro groups is 1. The average molecular weight is 349 g/mol. The van der Waals surface area contributed by atoms with Crippen LogP contribution in [0.5, 0.6) is 0 Å². The highest BCUT2D eigenvalue weighted by Crippen LogP contribution is 2.10. The van der Waals surface area contributed by atoms with E-state index in [0.717, 1.165) is 0 Å². The van der Waals surface area contributed by atoms with Crippen molar-refractivity contribution in [2.75, 3.05) is 6.54 Å². The van der Waals surface area contributed by atoms with E-state index in [-0.39, 0.29) is 23.4 Å². The summed E-state index contributed by atoms with van der Waals surface area (Å²) in [5.74, 6) is -1.42. The molecule has 0 saturated heterocycles. The van der Waals surface area contributed by atoms with Crippen molar-refractivity contribution in [2.24, 2.45) is 10.9 Å². The third-order valence-electron chi connectivity index (χ3n) is 3.50. The van der Waals surface area contributed by atoms with E-state index < -0.39 is 22.8 Å². The number of hydrogen-bond donors (Lipinski definition) is 3. The molecule has 1 unspecified atom stereocenters. The van der Waals surface area contributed by atoms with Crippen LogP contribution in [0.4, 0.5) is 0 Å². The van der Waals surface area contributed by atoms with Gasteiger partial charge in [0.05, 0.1) is 23.4 Å². The zero-order valence-electron chi connectivity index (χ0n) is 13.8. The minimum absolute atomic E-state index is 0.00162. The van der Waals surface area contributed by atoms with Gasteiger partial charge in [-0.3, -0.25) is 24.7 Å². The lowest BCUT2D eigenvalue weighted by Gasteiger charge is -2.09. The van der Waals surface area contributed by atoms with Crippen LogP contribution in [-0.4, -0.2) is 45.2 Å². The normalized spacial score (nSPS) is 13.2. The fourth-order valence-corrected chi connectivity index (χ4v) is 2.04. The molecule has 0 aliphatic rings. The second kappa shape index (κ2) is 9.11. The Morgan fingerprint density at radius 1 is 1.52 bits per heavy atom. The average Bonchev–Trinajstić information content (AvgIpc) is 2.61. The number of hydrogen-bond acceptors (Lipinski definition) is 7. The van der Waals surface area contributed by atoms with E-state index in [1.165, 1.54) is 31.5 Å². The predicted octanol–water partition coefficient (Wildman–Crippen LogP) is 0.742. The van der Waals surface area contributed by atoms with E-state index >= 15 is 0 Å². The first-order chi connectivity index (χ1) is 11.8. The molecular weight excluding hydrogens is 330 g/mol. The van der Waals surface area contributed by atoms with Gasteiger partial charge in [-0.25, -0.2) is 0 Å². The molecule has 1 rings (SSSR count). The molecule has 25 heavy (non-hydrogen) atoms. The van der Waals surface area contributed by atoms with Crippen molar-refractivity contribution in [3.05, 3.63) is 51.4 Å². The summed E-state index contributed by atoms with van der Waals surface area (Å²) in [6, 6.07) is 0.365. The maximum Gasteiger partial charge on any atom is 0.253 e. The molecule has 1 aromatic rings. The molecule has 0 aliphatic heterocycles. The molecule has 2 amide bonds. The highest BCUT2D eigenvalue weighted by atomic mass is 16.6. The monoisotopic (exact) mass is 349 g/mol. The molecule has 10 nitrogen and oxygen atoms in total. The van der Waals surface area contributed by atoms with Gasteiger partial charge in [-0.15, -0.1) is 0 Å². The first-order valence-corrected chi connectivity index (χ1v) is 7.38. The van der Waals surface area contributed by atoms with Gasteiger partial charge in [0.15, 0.2) is 0 Å². The maximum absolute atomic E-state index is 12.2. The molecule has 0 bridgehead atoms. The minimum atomic E-state index is -0.947. The van der Waals surface area contributed by atoms with Crippen LogP contribution in [0, 0.1) is 10.1 Å². The summed E-state index contributed by atoms with van der Waals surface area (Å²) >= 11 is 0. The number of pyridine rings is 1. The summed E-state index contributed by atoms with van der Waals surface area (Å²) in [4.78, 5) is 37.7. The Bertz CT molecular complexity index is 729. The van der Waals surface area contributed by atoms with Crippen LogP contribution in [0.1, 0.15) is 41.0 Å². The van der Waals surface area contributed by atoms with Crippen LogP contribution >= 0.6 is 0 Å². The van der Waals surface area contributed by atoms with E-state index in [4.69, 9.17) is 10.9 Å². The molecule has 0 spiro atoms. The van der Waals surface area contributed by atoms with Gasteiger partial charge in [0.1, 0.15) is 0 Å². The number of oxime groups is 1. The summed E-state index contributed by atoms with van der Waals surface area (Å²) in [5.41, 5.74) is 5.64. The lowest BCUT2D eigenvalue weighted by Crippen LogP contribution is -2.31. The molecule has 4 N–H and O–H groups in total. The van der Waals surface area contributed by atoms with Gasteiger partial charge in [-0.1, -0.05) is 12.1 Å². The number of amides is 2. The Labute approximate surface area is 143 Å². The van der Waals surface area contributed by atoms with E-state index in [9.17, 15) is 19.7 Å². The highest BCUT2D eigenvalue weighted by molar-refractivity contribution is 6.08. The van der Waals surface area contributed by atoms with Gasteiger partial charge in [0.2, 0.25) is 11.9 Å². The topological polar surface area (TPSA) is 161 Å². The van der Waals surface area contributed by atoms with Crippen molar-refractivity contribution in [1.82, 2.24) is 10.3 Å². The van der Waals surface area contributed by atoms with Crippen molar-refractivity contribution in [3.63, 3.8) is 0 Å². The van der Waals surface area contributed by atoms with Gasteiger partial charge >= 0.3 is 0 Å². The summed E-state index contributed by atoms with van der Waals surface area (Å²) < 4.78 is 0. The SMILES string of the molecule is CCC(=CC(CNC(=O)c1cnccc1C(N)=O)=NO)C(C)[N+](=O)[O-]. The van der Waals surface area contributed by atoms with Gasteiger partial charge in [0, 0.05) is 29.8 Å². The first kappa shape index (κ1) is 19.7. The van der Waals surface area contributed by atoms with E-state index in [2.05, 4.69) is 15.5 Å². The molecule has 134 valence electrons. The number of nitrogens with two attached hydrogens (primary N) is 1. The van der Waals surface area contributed by atoms with Crippen molar-refractivity contribution in [3.8, 4) is 0 Å². The summed E-state index contributed by atoms with van der Waals surface area (Å²) in [5, 5.41) is 25.4. The number of rotatable bonds is 8. The second-order valence-corrected chi connectivity index (χ2v) is 5.09. The Balaban J connectivity index is 2.90. The molecule has 10 heteroatoms.